The number of carboxylic acid groups (broad SMARTS) is 2. The molecule has 2 aromatic heterocycles. The number of aromatic nitrogens is 4. The maximum atomic E-state index is 12.3. The Kier molecular flexibility index (Phi) is 14.3. The number of amides is 1. The number of aromatic amines is 2. The van der Waals surface area contributed by atoms with Gasteiger partial charge in [-0.15, -0.1) is 0 Å². The van der Waals surface area contributed by atoms with E-state index in [0.717, 1.165) is 29.1 Å². The van der Waals surface area contributed by atoms with Crippen molar-refractivity contribution in [2.75, 3.05) is 21.1 Å². The number of carbonyl (C=O) groups excluding carboxylic acids is 4. The summed E-state index contributed by atoms with van der Waals surface area (Å²) in [7, 11) is 5.37. The lowest BCUT2D eigenvalue weighted by molar-refractivity contribution is -0.889. The van der Waals surface area contributed by atoms with Crippen molar-refractivity contribution in [1.29, 1.82) is 0 Å². The van der Waals surface area contributed by atoms with Gasteiger partial charge in [-0.3, -0.25) is 14.4 Å². The summed E-state index contributed by atoms with van der Waals surface area (Å²) in [5, 5.41) is 23.8. The van der Waals surface area contributed by atoms with Crippen molar-refractivity contribution < 1.29 is 38.7 Å². The normalized spacial score (nSPS) is 12.9. The number of hydrogen-bond donors (Lipinski definition) is 5. The number of carbonyl (C=O) groups is 5. The molecule has 0 aliphatic carbocycles. The first-order valence-corrected chi connectivity index (χ1v) is 16.6. The Morgan fingerprint density at radius 2 is 1.39 bits per heavy atom. The standard InChI is InChI=1S/C17H20N4O4S.C16H19N3O3S/c1-10(22)26-16-13(19-9-20-16)8-14(17(24)25)21-15(23)12(18)7-11-5-3-2-4-6-11;1-19(2,3)13(15(20)21)9-12-14(18-10-17-12)23-16(22)11-7-5-4-6-8-11/h2-6,9,12,14H,7-8,18H2,1H3,(H,19,20)(H,21,23)(H,24,25);4-8,10,13H,9H2,1-3H3,(H-,17,18,20,21)/t12-,14-;/m0./s1. The number of quaternary nitrogens is 1. The van der Waals surface area contributed by atoms with Gasteiger partial charge < -0.3 is 40.5 Å². The van der Waals surface area contributed by atoms with Gasteiger partial charge in [0.15, 0.2) is 5.12 Å². The van der Waals surface area contributed by atoms with Gasteiger partial charge in [-0.2, -0.15) is 0 Å². The fourth-order valence-electron chi connectivity index (χ4n) is 4.45. The summed E-state index contributed by atoms with van der Waals surface area (Å²) in [6.45, 7) is 1.39. The van der Waals surface area contributed by atoms with Crippen LogP contribution in [0.3, 0.4) is 0 Å². The number of imidazole rings is 2. The highest BCUT2D eigenvalue weighted by molar-refractivity contribution is 8.14. The first kappa shape index (κ1) is 38.7. The zero-order chi connectivity index (χ0) is 36.1. The summed E-state index contributed by atoms with van der Waals surface area (Å²) in [5.41, 5.74) is 8.45. The van der Waals surface area contributed by atoms with Crippen molar-refractivity contribution >= 4 is 51.6 Å². The molecule has 2 heterocycles. The van der Waals surface area contributed by atoms with Crippen LogP contribution in [0.5, 0.6) is 0 Å². The van der Waals surface area contributed by atoms with Gasteiger partial charge in [0, 0.05) is 25.3 Å². The lowest BCUT2D eigenvalue weighted by Gasteiger charge is -2.34. The SMILES string of the molecule is CC(=O)Sc1nc[nH]c1C[C@H](NC(=O)[C@@H](N)Cc1ccccc1)C(=O)O.C[N+](C)(C)C(Cc1[nH]cnc1SC(=O)c1ccccc1)C(=O)[O-]. The molecule has 260 valence electrons. The molecule has 4 aromatic rings. The first-order valence-electron chi connectivity index (χ1n) is 15.0. The molecule has 0 aliphatic heterocycles. The van der Waals surface area contributed by atoms with Gasteiger partial charge >= 0.3 is 5.97 Å². The van der Waals surface area contributed by atoms with Crippen LogP contribution in [0.15, 0.2) is 83.4 Å². The van der Waals surface area contributed by atoms with Gasteiger partial charge in [-0.05, 0) is 35.5 Å². The van der Waals surface area contributed by atoms with E-state index >= 15 is 0 Å². The average Bonchev–Trinajstić information content (AvgIpc) is 3.68. The molecule has 2 aromatic carbocycles. The van der Waals surface area contributed by atoms with Crippen LogP contribution in [0, 0.1) is 0 Å². The molecular weight excluding hydrogens is 671 g/mol. The maximum Gasteiger partial charge on any atom is 0.326 e. The Labute approximate surface area is 291 Å². The zero-order valence-electron chi connectivity index (χ0n) is 27.4. The van der Waals surface area contributed by atoms with Crippen molar-refractivity contribution in [1.82, 2.24) is 25.3 Å². The fourth-order valence-corrected chi connectivity index (χ4v) is 5.90. The van der Waals surface area contributed by atoms with Crippen molar-refractivity contribution in [2.24, 2.45) is 5.73 Å². The third-order valence-corrected chi connectivity index (χ3v) is 8.86. The molecule has 4 rings (SSSR count). The monoisotopic (exact) mass is 709 g/mol. The number of carboxylic acids is 2. The Morgan fingerprint density at radius 3 is 1.90 bits per heavy atom. The number of rotatable bonds is 14. The smallest absolute Gasteiger partial charge is 0.326 e. The fraction of sp³-hybridized carbons (Fsp3) is 0.303. The quantitative estimate of drug-likeness (QED) is 0.0927. The Morgan fingerprint density at radius 1 is 0.857 bits per heavy atom. The number of benzene rings is 2. The minimum Gasteiger partial charge on any atom is -0.544 e. The Bertz CT molecular complexity index is 1720. The van der Waals surface area contributed by atoms with Crippen molar-refractivity contribution in [3.8, 4) is 0 Å². The lowest BCUT2D eigenvalue weighted by atomic mass is 10.1. The highest BCUT2D eigenvalue weighted by Crippen LogP contribution is 2.25. The van der Waals surface area contributed by atoms with E-state index in [4.69, 9.17) is 5.73 Å². The molecule has 0 radical (unpaired) electrons. The number of nitrogens with zero attached hydrogens (tertiary/aromatic N) is 3. The average molecular weight is 710 g/mol. The minimum absolute atomic E-state index is 0.0330. The second kappa shape index (κ2) is 18.1. The first-order chi connectivity index (χ1) is 23.1. The highest BCUT2D eigenvalue weighted by atomic mass is 32.2. The molecule has 0 fully saturated rings. The summed E-state index contributed by atoms with van der Waals surface area (Å²) in [5.74, 6) is -2.88. The Hall–Kier alpha value is -4.77. The second-order valence-electron chi connectivity index (χ2n) is 11.8. The molecule has 0 saturated carbocycles. The lowest BCUT2D eigenvalue weighted by Crippen LogP contribution is -2.56. The van der Waals surface area contributed by atoms with E-state index in [9.17, 15) is 34.2 Å². The molecule has 49 heavy (non-hydrogen) atoms. The van der Waals surface area contributed by atoms with Crippen molar-refractivity contribution in [3.63, 3.8) is 0 Å². The molecule has 3 atom stereocenters. The summed E-state index contributed by atoms with van der Waals surface area (Å²) in [4.78, 5) is 72.5. The molecule has 16 heteroatoms. The number of thioether (sulfide) groups is 2. The van der Waals surface area contributed by atoms with Crippen LogP contribution in [0.2, 0.25) is 0 Å². The van der Waals surface area contributed by atoms with Gasteiger partial charge in [0.2, 0.25) is 11.0 Å². The molecule has 0 saturated heterocycles. The number of hydrogen-bond acceptors (Lipinski definition) is 11. The van der Waals surface area contributed by atoms with Crippen LogP contribution < -0.4 is 16.2 Å². The van der Waals surface area contributed by atoms with E-state index in [1.807, 2.05) is 36.4 Å². The van der Waals surface area contributed by atoms with E-state index in [1.54, 1.807) is 45.4 Å². The van der Waals surface area contributed by atoms with Crippen molar-refractivity contribution in [3.05, 3.63) is 95.8 Å². The molecular formula is C33H39N7O7S2. The van der Waals surface area contributed by atoms with Crippen LogP contribution in [0.4, 0.5) is 0 Å². The maximum absolute atomic E-state index is 12.3. The summed E-state index contributed by atoms with van der Waals surface area (Å²) in [6, 6.07) is 15.3. The zero-order valence-corrected chi connectivity index (χ0v) is 29.0. The third kappa shape index (κ3) is 12.3. The van der Waals surface area contributed by atoms with Crippen LogP contribution in [-0.4, -0.2) is 96.9 Å². The predicted octanol–water partition coefficient (Wildman–Crippen LogP) is 1.44. The van der Waals surface area contributed by atoms with E-state index < -0.39 is 36.0 Å². The summed E-state index contributed by atoms with van der Waals surface area (Å²) < 4.78 is 0.220. The second-order valence-corrected chi connectivity index (χ2v) is 13.9. The number of aliphatic carboxylic acids is 2. The molecule has 0 aliphatic rings. The van der Waals surface area contributed by atoms with E-state index in [1.165, 1.54) is 19.6 Å². The van der Waals surface area contributed by atoms with Gasteiger partial charge in [0.05, 0.1) is 57.2 Å². The number of H-pyrrole nitrogens is 2. The van der Waals surface area contributed by atoms with Crippen molar-refractivity contribution in [2.45, 2.75) is 54.4 Å². The highest BCUT2D eigenvalue weighted by Gasteiger charge is 2.28. The molecule has 6 N–H and O–H groups in total. The van der Waals surface area contributed by atoms with E-state index in [-0.39, 0.29) is 27.6 Å². The van der Waals surface area contributed by atoms with E-state index in [2.05, 4.69) is 25.3 Å². The third-order valence-electron chi connectivity index (χ3n) is 7.06. The largest absolute Gasteiger partial charge is 0.544 e. The Balaban J connectivity index is 0.000000267. The minimum atomic E-state index is -1.20. The molecule has 1 unspecified atom stereocenters. The van der Waals surface area contributed by atoms with Gasteiger partial charge in [-0.25, -0.2) is 14.8 Å². The molecule has 0 spiro atoms. The van der Waals surface area contributed by atoms with E-state index in [0.29, 0.717) is 33.4 Å². The number of likely N-dealkylation sites (N-methyl/N-ethyl adjacent to an activating group) is 1. The number of nitrogens with one attached hydrogen (secondary N) is 3. The van der Waals surface area contributed by atoms with Crippen LogP contribution in [0.25, 0.3) is 0 Å². The van der Waals surface area contributed by atoms with Gasteiger partial charge in [0.1, 0.15) is 22.1 Å². The van der Waals surface area contributed by atoms with Crippen LogP contribution in [-0.2, 0) is 38.4 Å². The van der Waals surface area contributed by atoms with Gasteiger partial charge in [-0.1, -0.05) is 60.7 Å². The topological polar surface area (TPSA) is 224 Å². The van der Waals surface area contributed by atoms with Crippen LogP contribution >= 0.6 is 23.5 Å². The summed E-state index contributed by atoms with van der Waals surface area (Å²) >= 11 is 1.89. The van der Waals surface area contributed by atoms with Gasteiger partial charge in [0.25, 0.3) is 0 Å². The summed E-state index contributed by atoms with van der Waals surface area (Å²) in [6.07, 6.45) is 3.33. The molecule has 0 bridgehead atoms. The predicted molar refractivity (Wildman–Crippen MR) is 182 cm³/mol. The van der Waals surface area contributed by atoms with Crippen LogP contribution in [0.1, 0.15) is 34.2 Å². The number of nitrogens with two attached hydrogens (primary N) is 1. The molecule has 14 nitrogen and oxygen atoms in total. The molecule has 1 amide bonds.